The van der Waals surface area contributed by atoms with Crippen LogP contribution in [0.15, 0.2) is 18.3 Å². The van der Waals surface area contributed by atoms with Crippen LogP contribution in [-0.4, -0.2) is 35.6 Å². The highest BCUT2D eigenvalue weighted by Gasteiger charge is 2.22. The Bertz CT molecular complexity index is 454. The van der Waals surface area contributed by atoms with Gasteiger partial charge in [0, 0.05) is 38.3 Å². The average molecular weight is 277 g/mol. The van der Waals surface area contributed by atoms with Crippen molar-refractivity contribution in [2.24, 2.45) is 5.92 Å². The summed E-state index contributed by atoms with van der Waals surface area (Å²) in [5.74, 6) is 1.46. The van der Waals surface area contributed by atoms with Gasteiger partial charge in [-0.15, -0.1) is 0 Å². The third-order valence-corrected chi connectivity index (χ3v) is 3.82. The first-order chi connectivity index (χ1) is 9.58. The zero-order valence-corrected chi connectivity index (χ0v) is 12.2. The second-order valence-corrected chi connectivity index (χ2v) is 5.46. The molecule has 2 rings (SSSR count). The minimum absolute atomic E-state index is 0.0357. The molecule has 20 heavy (non-hydrogen) atoms. The summed E-state index contributed by atoms with van der Waals surface area (Å²) >= 11 is 0. The molecule has 5 nitrogen and oxygen atoms in total. The molecule has 0 saturated carbocycles. The first kappa shape index (κ1) is 14.8. The molecule has 0 spiro atoms. The molecule has 0 aromatic carbocycles. The number of carbonyl (C=O) groups excluding carboxylic acids is 1. The maximum Gasteiger partial charge on any atom is 0.216 e. The smallest absolute Gasteiger partial charge is 0.216 e. The number of nitrogens with one attached hydrogen (secondary N) is 1. The molecule has 5 heteroatoms. The Balaban J connectivity index is 1.95. The first-order valence-corrected chi connectivity index (χ1v) is 7.20. The summed E-state index contributed by atoms with van der Waals surface area (Å²) in [6, 6.07) is 3.78. The summed E-state index contributed by atoms with van der Waals surface area (Å²) in [7, 11) is 0. The van der Waals surface area contributed by atoms with E-state index in [1.165, 1.54) is 0 Å². The molecule has 0 aliphatic carbocycles. The Labute approximate surface area is 120 Å². The Morgan fingerprint density at radius 1 is 1.55 bits per heavy atom. The number of piperidine rings is 1. The van der Waals surface area contributed by atoms with E-state index < -0.39 is 6.10 Å². The van der Waals surface area contributed by atoms with E-state index in [1.807, 2.05) is 12.1 Å². The van der Waals surface area contributed by atoms with Crippen LogP contribution in [0.2, 0.25) is 0 Å². The number of aliphatic hydroxyl groups excluding tert-OH is 1. The molecule has 2 N–H and O–H groups in total. The van der Waals surface area contributed by atoms with Crippen molar-refractivity contribution in [1.82, 2.24) is 10.3 Å². The van der Waals surface area contributed by atoms with Crippen molar-refractivity contribution < 1.29 is 9.90 Å². The lowest BCUT2D eigenvalue weighted by Gasteiger charge is -2.34. The molecule has 2 heterocycles. The van der Waals surface area contributed by atoms with E-state index in [4.69, 9.17) is 0 Å². The predicted octanol–water partition coefficient (Wildman–Crippen LogP) is 1.49. The normalized spacial score (nSPS) is 17.9. The summed E-state index contributed by atoms with van der Waals surface area (Å²) in [6.07, 6.45) is 3.34. The molecule has 110 valence electrons. The molecular formula is C15H23N3O2. The molecule has 1 aliphatic heterocycles. The average Bonchev–Trinajstić information content (AvgIpc) is 2.45. The molecule has 0 radical (unpaired) electrons. The van der Waals surface area contributed by atoms with Gasteiger partial charge in [0.2, 0.25) is 5.91 Å². The number of aliphatic hydroxyl groups is 1. The summed E-state index contributed by atoms with van der Waals surface area (Å²) < 4.78 is 0. The van der Waals surface area contributed by atoms with E-state index in [-0.39, 0.29) is 5.91 Å². The number of hydrogen-bond donors (Lipinski definition) is 2. The highest BCUT2D eigenvalue weighted by atomic mass is 16.3. The van der Waals surface area contributed by atoms with Gasteiger partial charge < -0.3 is 15.3 Å². The molecule has 0 bridgehead atoms. The fourth-order valence-electron chi connectivity index (χ4n) is 2.64. The zero-order chi connectivity index (χ0) is 14.5. The van der Waals surface area contributed by atoms with Gasteiger partial charge in [-0.2, -0.15) is 0 Å². The lowest BCUT2D eigenvalue weighted by molar-refractivity contribution is -0.119. The highest BCUT2D eigenvalue weighted by Crippen LogP contribution is 2.27. The number of amides is 1. The van der Waals surface area contributed by atoms with Crippen molar-refractivity contribution in [2.45, 2.75) is 32.8 Å². The van der Waals surface area contributed by atoms with Crippen molar-refractivity contribution in [3.05, 3.63) is 23.9 Å². The van der Waals surface area contributed by atoms with Crippen LogP contribution in [0.4, 0.5) is 5.82 Å². The van der Waals surface area contributed by atoms with E-state index in [9.17, 15) is 9.90 Å². The van der Waals surface area contributed by atoms with Crippen LogP contribution in [0.5, 0.6) is 0 Å². The summed E-state index contributed by atoms with van der Waals surface area (Å²) in [4.78, 5) is 17.6. The Hall–Kier alpha value is -1.62. The predicted molar refractivity (Wildman–Crippen MR) is 78.5 cm³/mol. The topological polar surface area (TPSA) is 65.5 Å². The molecule has 1 aromatic rings. The maximum atomic E-state index is 10.9. The van der Waals surface area contributed by atoms with E-state index in [0.29, 0.717) is 5.92 Å². The fourth-order valence-corrected chi connectivity index (χ4v) is 2.64. The molecule has 1 aromatic heterocycles. The van der Waals surface area contributed by atoms with Gasteiger partial charge >= 0.3 is 0 Å². The molecule has 1 saturated heterocycles. The monoisotopic (exact) mass is 277 g/mol. The lowest BCUT2D eigenvalue weighted by atomic mass is 9.96. The van der Waals surface area contributed by atoms with Gasteiger partial charge in [0.1, 0.15) is 5.82 Å². The SMILES string of the molecule is CC(=O)NCC1CCN(c2ncccc2[C@H](C)O)CC1. The molecule has 1 aliphatic rings. The van der Waals surface area contributed by atoms with Crippen LogP contribution in [0.1, 0.15) is 38.4 Å². The molecular weight excluding hydrogens is 254 g/mol. The van der Waals surface area contributed by atoms with Gasteiger partial charge in [0.25, 0.3) is 0 Å². The van der Waals surface area contributed by atoms with Crippen LogP contribution >= 0.6 is 0 Å². The second kappa shape index (κ2) is 6.70. The second-order valence-electron chi connectivity index (χ2n) is 5.46. The molecule has 1 fully saturated rings. The minimum atomic E-state index is -0.504. The molecule has 1 atom stereocenters. The van der Waals surface area contributed by atoms with Gasteiger partial charge in [-0.3, -0.25) is 4.79 Å². The van der Waals surface area contributed by atoms with Gasteiger partial charge in [0.15, 0.2) is 0 Å². The van der Waals surface area contributed by atoms with Crippen molar-refractivity contribution >= 4 is 11.7 Å². The fraction of sp³-hybridized carbons (Fsp3) is 0.600. The number of pyridine rings is 1. The van der Waals surface area contributed by atoms with E-state index in [1.54, 1.807) is 20.0 Å². The third-order valence-electron chi connectivity index (χ3n) is 3.82. The van der Waals surface area contributed by atoms with Gasteiger partial charge in [-0.1, -0.05) is 6.07 Å². The number of carbonyl (C=O) groups is 1. The maximum absolute atomic E-state index is 10.9. The lowest BCUT2D eigenvalue weighted by Crippen LogP contribution is -2.39. The van der Waals surface area contributed by atoms with E-state index in [2.05, 4.69) is 15.2 Å². The first-order valence-electron chi connectivity index (χ1n) is 7.20. The van der Waals surface area contributed by atoms with Crippen LogP contribution in [-0.2, 0) is 4.79 Å². The summed E-state index contributed by atoms with van der Waals surface area (Å²) in [5.41, 5.74) is 0.882. The highest BCUT2D eigenvalue weighted by molar-refractivity contribution is 5.72. The van der Waals surface area contributed by atoms with E-state index in [0.717, 1.165) is 43.9 Å². The molecule has 1 amide bonds. The van der Waals surface area contributed by atoms with Crippen LogP contribution in [0.3, 0.4) is 0 Å². The van der Waals surface area contributed by atoms with Gasteiger partial charge in [0.05, 0.1) is 6.10 Å². The van der Waals surface area contributed by atoms with Gasteiger partial charge in [-0.05, 0) is 31.7 Å². The Kier molecular flexibility index (Phi) is 4.95. The van der Waals surface area contributed by atoms with Crippen LogP contribution < -0.4 is 10.2 Å². The Morgan fingerprint density at radius 3 is 2.85 bits per heavy atom. The van der Waals surface area contributed by atoms with Crippen LogP contribution in [0.25, 0.3) is 0 Å². The Morgan fingerprint density at radius 2 is 2.25 bits per heavy atom. The quantitative estimate of drug-likeness (QED) is 0.875. The van der Waals surface area contributed by atoms with E-state index >= 15 is 0 Å². The van der Waals surface area contributed by atoms with Gasteiger partial charge in [-0.25, -0.2) is 4.98 Å². The standard InChI is InChI=1S/C15H23N3O2/c1-11(19)14-4-3-7-16-15(14)18-8-5-13(6-9-18)10-17-12(2)20/h3-4,7,11,13,19H,5-6,8-10H2,1-2H3,(H,17,20)/t11-/m0/s1. The zero-order valence-electron chi connectivity index (χ0n) is 12.2. The minimum Gasteiger partial charge on any atom is -0.389 e. The van der Waals surface area contributed by atoms with Crippen molar-refractivity contribution in [3.63, 3.8) is 0 Å². The number of aromatic nitrogens is 1. The van der Waals surface area contributed by atoms with Crippen molar-refractivity contribution in [2.75, 3.05) is 24.5 Å². The largest absolute Gasteiger partial charge is 0.389 e. The number of hydrogen-bond acceptors (Lipinski definition) is 4. The number of nitrogens with zero attached hydrogens (tertiary/aromatic N) is 2. The van der Waals surface area contributed by atoms with Crippen molar-refractivity contribution in [1.29, 1.82) is 0 Å². The molecule has 0 unspecified atom stereocenters. The number of anilines is 1. The summed E-state index contributed by atoms with van der Waals surface area (Å²) in [6.45, 7) is 5.92. The third kappa shape index (κ3) is 3.70. The van der Waals surface area contributed by atoms with Crippen LogP contribution in [0, 0.1) is 5.92 Å². The summed E-state index contributed by atoms with van der Waals surface area (Å²) in [5, 5.41) is 12.7. The number of rotatable bonds is 4. The van der Waals surface area contributed by atoms with Crippen molar-refractivity contribution in [3.8, 4) is 0 Å².